The molecule has 0 radical (unpaired) electrons. The molecule has 0 spiro atoms. The first-order valence-corrected chi connectivity index (χ1v) is 9.98. The topological polar surface area (TPSA) is 54.5 Å². The van der Waals surface area contributed by atoms with Crippen molar-refractivity contribution in [1.82, 2.24) is 4.90 Å². The highest BCUT2D eigenvalue weighted by Gasteiger charge is 2.34. The third kappa shape index (κ3) is 3.92. The molecule has 116 valence electrons. The Kier molecular flexibility index (Phi) is 5.23. The maximum absolute atomic E-state index is 12.7. The van der Waals surface area contributed by atoms with E-state index in [0.29, 0.717) is 11.0 Å². The maximum Gasteiger partial charge on any atom is 0.261 e. The minimum absolute atomic E-state index is 0.143. The Hall–Kier alpha value is -0.300. The Morgan fingerprint density at radius 3 is 2.52 bits per heavy atom. The largest absolute Gasteiger partial charge is 0.336 e. The van der Waals surface area contributed by atoms with E-state index in [1.54, 1.807) is 4.90 Å². The Morgan fingerprint density at radius 1 is 1.43 bits per heavy atom. The highest BCUT2D eigenvalue weighted by Crippen LogP contribution is 2.34. The summed E-state index contributed by atoms with van der Waals surface area (Å²) in [5.74, 6) is -0.257. The minimum Gasteiger partial charge on any atom is -0.336 e. The summed E-state index contributed by atoms with van der Waals surface area (Å²) in [5.41, 5.74) is 0.158. The quantitative estimate of drug-likeness (QED) is 0.683. The molecule has 8 heteroatoms. The Morgan fingerprint density at radius 2 is 2.05 bits per heavy atom. The van der Waals surface area contributed by atoms with Gasteiger partial charge >= 0.3 is 0 Å². The predicted molar refractivity (Wildman–Crippen MR) is 86.5 cm³/mol. The van der Waals surface area contributed by atoms with Gasteiger partial charge in [-0.25, -0.2) is 8.42 Å². The summed E-state index contributed by atoms with van der Waals surface area (Å²) >= 11 is 9.32. The molecular weight excluding hydrogens is 401 g/mol. The van der Waals surface area contributed by atoms with Gasteiger partial charge in [0.25, 0.3) is 15.0 Å². The van der Waals surface area contributed by atoms with Crippen molar-refractivity contribution in [2.75, 3.05) is 6.54 Å². The predicted octanol–water partition coefficient (Wildman–Crippen LogP) is 4.04. The number of nitrogens with zero attached hydrogens (tertiary/aromatic N) is 1. The molecule has 1 fully saturated rings. The van der Waals surface area contributed by atoms with Crippen molar-refractivity contribution in [1.29, 1.82) is 0 Å². The van der Waals surface area contributed by atoms with E-state index in [9.17, 15) is 13.2 Å². The molecule has 1 aliphatic rings. The second kappa shape index (κ2) is 6.44. The first kappa shape index (κ1) is 17.1. The van der Waals surface area contributed by atoms with Gasteiger partial charge in [0.05, 0.1) is 15.5 Å². The molecule has 0 unspecified atom stereocenters. The lowest BCUT2D eigenvalue weighted by Crippen LogP contribution is -2.34. The van der Waals surface area contributed by atoms with Crippen molar-refractivity contribution in [2.24, 2.45) is 0 Å². The molecule has 1 saturated carbocycles. The number of carbonyl (C=O) groups is 1. The van der Waals surface area contributed by atoms with Crippen LogP contribution in [0.1, 0.15) is 36.5 Å². The van der Waals surface area contributed by atoms with Crippen LogP contribution < -0.4 is 0 Å². The molecule has 4 nitrogen and oxygen atoms in total. The molecule has 0 aromatic heterocycles. The third-order valence-corrected chi connectivity index (χ3v) is 5.82. The fourth-order valence-corrected chi connectivity index (χ4v) is 3.68. The summed E-state index contributed by atoms with van der Waals surface area (Å²) in [6.07, 6.45) is 2.77. The van der Waals surface area contributed by atoms with Crippen LogP contribution in [0.15, 0.2) is 21.5 Å². The van der Waals surface area contributed by atoms with Crippen LogP contribution in [0.5, 0.6) is 0 Å². The van der Waals surface area contributed by atoms with Gasteiger partial charge in [-0.15, -0.1) is 0 Å². The average molecular weight is 415 g/mol. The van der Waals surface area contributed by atoms with Crippen LogP contribution >= 0.6 is 38.2 Å². The van der Waals surface area contributed by atoms with Crippen LogP contribution in [-0.2, 0) is 9.05 Å². The van der Waals surface area contributed by atoms with Crippen LogP contribution in [0.2, 0.25) is 5.02 Å². The Labute approximate surface area is 142 Å². The summed E-state index contributed by atoms with van der Waals surface area (Å²) in [6.45, 7) is 2.61. The first-order valence-electron chi connectivity index (χ1n) is 6.50. The number of amides is 1. The van der Waals surface area contributed by atoms with Gasteiger partial charge in [-0.1, -0.05) is 18.5 Å². The molecule has 0 N–H and O–H groups in total. The van der Waals surface area contributed by atoms with E-state index >= 15 is 0 Å². The molecule has 1 aromatic rings. The average Bonchev–Trinajstić information content (AvgIpc) is 3.21. The lowest BCUT2D eigenvalue weighted by molar-refractivity contribution is 0.0743. The fourth-order valence-electron chi connectivity index (χ4n) is 2.09. The summed E-state index contributed by atoms with van der Waals surface area (Å²) < 4.78 is 23.3. The van der Waals surface area contributed by atoms with E-state index in [4.69, 9.17) is 22.3 Å². The summed E-state index contributed by atoms with van der Waals surface area (Å²) in [6, 6.07) is 2.76. The fraction of sp³-hybridized carbons (Fsp3) is 0.462. The SMILES string of the molecule is CCCN(C(=O)c1cc(S(=O)(=O)Cl)cc(Br)c1Cl)C1CC1. The zero-order chi connectivity index (χ0) is 15.8. The Balaban J connectivity index is 2.46. The van der Waals surface area contributed by atoms with Crippen molar-refractivity contribution in [3.63, 3.8) is 0 Å². The molecule has 21 heavy (non-hydrogen) atoms. The Bertz CT molecular complexity index is 674. The molecule has 0 saturated heterocycles. The van der Waals surface area contributed by atoms with Crippen molar-refractivity contribution < 1.29 is 13.2 Å². The molecule has 0 heterocycles. The van der Waals surface area contributed by atoms with Crippen molar-refractivity contribution >= 4 is 53.2 Å². The monoisotopic (exact) mass is 413 g/mol. The van der Waals surface area contributed by atoms with Crippen molar-refractivity contribution in [3.8, 4) is 0 Å². The van der Waals surface area contributed by atoms with Gasteiger partial charge < -0.3 is 4.90 Å². The standard InChI is InChI=1S/C13H14BrCl2NO3S/c1-2-5-17(8-3-4-8)13(18)10-6-9(21(16,19)20)7-11(14)12(10)15/h6-8H,2-5H2,1H3. The van der Waals surface area contributed by atoms with Crippen molar-refractivity contribution in [3.05, 3.63) is 27.2 Å². The molecule has 0 aliphatic heterocycles. The van der Waals surface area contributed by atoms with Gasteiger partial charge in [-0.2, -0.15) is 0 Å². The van der Waals surface area contributed by atoms with Gasteiger partial charge in [-0.05, 0) is 47.3 Å². The van der Waals surface area contributed by atoms with Crippen LogP contribution in [0.25, 0.3) is 0 Å². The van der Waals surface area contributed by atoms with Gasteiger partial charge in [0.2, 0.25) is 0 Å². The molecule has 0 bridgehead atoms. The normalized spacial score (nSPS) is 15.0. The van der Waals surface area contributed by atoms with E-state index in [1.165, 1.54) is 12.1 Å². The van der Waals surface area contributed by atoms with Gasteiger partial charge in [0, 0.05) is 27.7 Å². The summed E-state index contributed by atoms with van der Waals surface area (Å²) in [7, 11) is 1.43. The highest BCUT2D eigenvalue weighted by molar-refractivity contribution is 9.10. The second-order valence-corrected chi connectivity index (χ2v) is 8.73. The number of halogens is 3. The number of hydrogen-bond acceptors (Lipinski definition) is 3. The lowest BCUT2D eigenvalue weighted by atomic mass is 10.2. The van der Waals surface area contributed by atoms with E-state index < -0.39 is 9.05 Å². The number of carbonyl (C=O) groups excluding carboxylic acids is 1. The molecular formula is C13H14BrCl2NO3S. The van der Waals surface area contributed by atoms with E-state index in [1.807, 2.05) is 6.92 Å². The van der Waals surface area contributed by atoms with E-state index in [2.05, 4.69) is 15.9 Å². The maximum atomic E-state index is 12.7. The van der Waals surface area contributed by atoms with Gasteiger partial charge in [-0.3, -0.25) is 4.79 Å². The van der Waals surface area contributed by atoms with E-state index in [-0.39, 0.29) is 27.4 Å². The van der Waals surface area contributed by atoms with E-state index in [0.717, 1.165) is 19.3 Å². The lowest BCUT2D eigenvalue weighted by Gasteiger charge is -2.22. The number of hydrogen-bond donors (Lipinski definition) is 0. The van der Waals surface area contributed by atoms with Crippen LogP contribution in [0, 0.1) is 0 Å². The van der Waals surface area contributed by atoms with Gasteiger partial charge in [0.15, 0.2) is 0 Å². The van der Waals surface area contributed by atoms with Crippen LogP contribution in [0.3, 0.4) is 0 Å². The molecule has 0 atom stereocenters. The third-order valence-electron chi connectivity index (χ3n) is 3.23. The summed E-state index contributed by atoms with van der Waals surface area (Å²) in [4.78, 5) is 14.3. The molecule has 1 aliphatic carbocycles. The highest BCUT2D eigenvalue weighted by atomic mass is 79.9. The molecule has 2 rings (SSSR count). The first-order chi connectivity index (χ1) is 9.75. The summed E-state index contributed by atoms with van der Waals surface area (Å²) in [5, 5.41) is 0.200. The number of rotatable bonds is 5. The smallest absolute Gasteiger partial charge is 0.261 e. The van der Waals surface area contributed by atoms with Crippen LogP contribution in [0.4, 0.5) is 0 Å². The zero-order valence-corrected chi connectivity index (χ0v) is 15.2. The zero-order valence-electron chi connectivity index (χ0n) is 11.3. The van der Waals surface area contributed by atoms with Crippen molar-refractivity contribution in [2.45, 2.75) is 37.1 Å². The van der Waals surface area contributed by atoms with Crippen LogP contribution in [-0.4, -0.2) is 31.8 Å². The molecule has 1 aromatic carbocycles. The second-order valence-electron chi connectivity index (χ2n) is 4.93. The van der Waals surface area contributed by atoms with Gasteiger partial charge in [0.1, 0.15) is 0 Å². The number of benzene rings is 1. The minimum atomic E-state index is -3.93. The molecule has 1 amide bonds.